The van der Waals surface area contributed by atoms with Crippen LogP contribution in [0.2, 0.25) is 0 Å². The number of hydrogen-bond donors (Lipinski definition) is 1. The number of benzene rings is 3. The number of nitrogens with zero attached hydrogens (tertiary/aromatic N) is 2. The van der Waals surface area contributed by atoms with Crippen molar-refractivity contribution in [2.45, 2.75) is 38.8 Å². The second-order valence-corrected chi connectivity index (χ2v) is 10.6. The van der Waals surface area contributed by atoms with Gasteiger partial charge in [-0.1, -0.05) is 42.5 Å². The molecule has 192 valence electrons. The van der Waals surface area contributed by atoms with Crippen molar-refractivity contribution in [1.29, 1.82) is 0 Å². The topological polar surface area (TPSA) is 89.0 Å². The molecule has 3 aromatic carbocycles. The Kier molecular flexibility index (Phi) is 5.91. The number of thiazole rings is 1. The van der Waals surface area contributed by atoms with Crippen LogP contribution in [0.4, 0.5) is 5.13 Å². The Hall–Kier alpha value is -4.17. The van der Waals surface area contributed by atoms with Gasteiger partial charge in [-0.2, -0.15) is 0 Å². The number of aliphatic hydroxyl groups is 1. The highest BCUT2D eigenvalue weighted by atomic mass is 32.1. The highest BCUT2D eigenvalue weighted by Crippen LogP contribution is 2.45. The lowest BCUT2D eigenvalue weighted by Crippen LogP contribution is -2.29. The standard InChI is InChI=1S/C30H26N2O5S/c1-4-17-5-7-18(8-6-17)26-25(27(33)19-9-12-23-20(14-19)13-16(2)37-23)28(34)29(35)32(26)30-31-22-11-10-21(36-3)15-24(22)38-30/h5-12,14-16,26,33H,4,13H2,1-3H3/b27-25+/t16-,26-/m0/s1. The van der Waals surface area contributed by atoms with Crippen molar-refractivity contribution < 1.29 is 24.2 Å². The first-order valence-electron chi connectivity index (χ1n) is 12.5. The zero-order valence-corrected chi connectivity index (χ0v) is 22.0. The number of aryl methyl sites for hydroxylation is 1. The lowest BCUT2D eigenvalue weighted by atomic mass is 9.94. The van der Waals surface area contributed by atoms with Crippen molar-refractivity contribution in [3.8, 4) is 11.5 Å². The number of rotatable bonds is 5. The Balaban J connectivity index is 1.52. The minimum absolute atomic E-state index is 0.0442. The Labute approximate surface area is 224 Å². The van der Waals surface area contributed by atoms with Gasteiger partial charge in [0.2, 0.25) is 0 Å². The first kappa shape index (κ1) is 24.2. The molecule has 2 atom stereocenters. The summed E-state index contributed by atoms with van der Waals surface area (Å²) < 4.78 is 12.0. The van der Waals surface area contributed by atoms with Crippen LogP contribution in [-0.2, 0) is 22.4 Å². The second-order valence-electron chi connectivity index (χ2n) is 9.55. The fraction of sp³-hybridized carbons (Fsp3) is 0.233. The molecule has 38 heavy (non-hydrogen) atoms. The summed E-state index contributed by atoms with van der Waals surface area (Å²) in [5.41, 5.74) is 4.02. The quantitative estimate of drug-likeness (QED) is 0.200. The van der Waals surface area contributed by atoms with Crippen LogP contribution in [0.25, 0.3) is 16.0 Å². The molecule has 6 rings (SSSR count). The maximum absolute atomic E-state index is 13.5. The number of ketones is 1. The van der Waals surface area contributed by atoms with Gasteiger partial charge in [0.1, 0.15) is 23.4 Å². The van der Waals surface area contributed by atoms with E-state index in [-0.39, 0.29) is 17.4 Å². The maximum Gasteiger partial charge on any atom is 0.301 e. The Bertz CT molecular complexity index is 1620. The third kappa shape index (κ3) is 3.92. The summed E-state index contributed by atoms with van der Waals surface area (Å²) in [6, 6.07) is 17.8. The smallest absolute Gasteiger partial charge is 0.301 e. The molecule has 1 saturated heterocycles. The first-order valence-corrected chi connectivity index (χ1v) is 13.3. The average Bonchev–Trinajstić information content (AvgIpc) is 3.60. The number of Topliss-reactive ketones (excluding diaryl/α,β-unsaturated/α-hetero) is 1. The van der Waals surface area contributed by atoms with Crippen LogP contribution in [-0.4, -0.2) is 35.0 Å². The summed E-state index contributed by atoms with van der Waals surface area (Å²) in [5, 5.41) is 11.9. The van der Waals surface area contributed by atoms with Gasteiger partial charge in [0.05, 0.1) is 28.9 Å². The van der Waals surface area contributed by atoms with Crippen LogP contribution >= 0.6 is 11.3 Å². The van der Waals surface area contributed by atoms with E-state index in [0.29, 0.717) is 28.4 Å². The third-order valence-corrected chi connectivity index (χ3v) is 8.13. The summed E-state index contributed by atoms with van der Waals surface area (Å²) in [6.45, 7) is 4.05. The number of methoxy groups -OCH3 is 1. The van der Waals surface area contributed by atoms with E-state index < -0.39 is 17.7 Å². The molecular formula is C30H26N2O5S. The summed E-state index contributed by atoms with van der Waals surface area (Å²) >= 11 is 1.30. The molecule has 2 aliphatic heterocycles. The molecule has 0 unspecified atom stereocenters. The van der Waals surface area contributed by atoms with Crippen LogP contribution in [0, 0.1) is 0 Å². The largest absolute Gasteiger partial charge is 0.507 e. The predicted molar refractivity (Wildman–Crippen MR) is 147 cm³/mol. The van der Waals surface area contributed by atoms with E-state index in [1.54, 1.807) is 25.3 Å². The number of carbonyl (C=O) groups is 2. The van der Waals surface area contributed by atoms with E-state index in [1.165, 1.54) is 16.2 Å². The van der Waals surface area contributed by atoms with Crippen LogP contribution in [0.1, 0.15) is 42.1 Å². The monoisotopic (exact) mass is 526 g/mol. The molecule has 1 aromatic heterocycles. The average molecular weight is 527 g/mol. The molecule has 0 radical (unpaired) electrons. The highest BCUT2D eigenvalue weighted by molar-refractivity contribution is 7.22. The molecule has 0 spiro atoms. The number of ether oxygens (including phenoxy) is 2. The van der Waals surface area contributed by atoms with Crippen LogP contribution < -0.4 is 14.4 Å². The number of hydrogen-bond acceptors (Lipinski definition) is 7. The molecule has 1 N–H and O–H groups in total. The van der Waals surface area contributed by atoms with Crippen molar-refractivity contribution in [2.24, 2.45) is 0 Å². The SMILES string of the molecule is CCc1ccc([C@H]2/C(=C(\O)c3ccc4c(c3)C[C@H](C)O4)C(=O)C(=O)N2c2nc3ccc(OC)cc3s2)cc1. The Morgan fingerprint density at radius 1 is 1.13 bits per heavy atom. The molecule has 0 saturated carbocycles. The van der Waals surface area contributed by atoms with Gasteiger partial charge in [0.15, 0.2) is 5.13 Å². The molecule has 1 fully saturated rings. The van der Waals surface area contributed by atoms with Gasteiger partial charge in [0, 0.05) is 12.0 Å². The Morgan fingerprint density at radius 2 is 1.92 bits per heavy atom. The number of aliphatic hydroxyl groups excluding tert-OH is 1. The van der Waals surface area contributed by atoms with Gasteiger partial charge in [-0.05, 0) is 66.4 Å². The molecule has 1 amide bonds. The van der Waals surface area contributed by atoms with Crippen molar-refractivity contribution in [3.63, 3.8) is 0 Å². The number of anilines is 1. The van der Waals surface area contributed by atoms with E-state index >= 15 is 0 Å². The van der Waals surface area contributed by atoms with Crippen LogP contribution in [0.3, 0.4) is 0 Å². The van der Waals surface area contributed by atoms with E-state index in [0.717, 1.165) is 33.6 Å². The van der Waals surface area contributed by atoms with Gasteiger partial charge >= 0.3 is 5.91 Å². The molecule has 3 heterocycles. The lowest BCUT2D eigenvalue weighted by Gasteiger charge is -2.23. The predicted octanol–water partition coefficient (Wildman–Crippen LogP) is 5.82. The third-order valence-electron chi connectivity index (χ3n) is 7.11. The zero-order valence-electron chi connectivity index (χ0n) is 21.2. The lowest BCUT2D eigenvalue weighted by molar-refractivity contribution is -0.132. The van der Waals surface area contributed by atoms with E-state index in [4.69, 9.17) is 9.47 Å². The number of aromatic nitrogens is 1. The van der Waals surface area contributed by atoms with E-state index in [1.807, 2.05) is 49.4 Å². The van der Waals surface area contributed by atoms with E-state index in [9.17, 15) is 14.7 Å². The number of carbonyl (C=O) groups excluding carboxylic acids is 2. The molecule has 2 aliphatic rings. The Morgan fingerprint density at radius 3 is 2.66 bits per heavy atom. The normalized spacial score (nSPS) is 20.1. The second kappa shape index (κ2) is 9.29. The van der Waals surface area contributed by atoms with Gasteiger partial charge in [0.25, 0.3) is 5.78 Å². The number of amides is 1. The summed E-state index contributed by atoms with van der Waals surface area (Å²) in [7, 11) is 1.59. The summed E-state index contributed by atoms with van der Waals surface area (Å²) in [4.78, 5) is 33.2. The molecule has 7 nitrogen and oxygen atoms in total. The molecule has 0 aliphatic carbocycles. The molecule has 8 heteroatoms. The summed E-state index contributed by atoms with van der Waals surface area (Å²) in [5.74, 6) is -0.225. The number of fused-ring (bicyclic) bond motifs is 2. The van der Waals surface area contributed by atoms with Crippen LogP contribution in [0.5, 0.6) is 11.5 Å². The van der Waals surface area contributed by atoms with E-state index in [2.05, 4.69) is 11.9 Å². The molecular weight excluding hydrogens is 500 g/mol. The first-order chi connectivity index (χ1) is 18.4. The maximum atomic E-state index is 13.5. The minimum Gasteiger partial charge on any atom is -0.507 e. The summed E-state index contributed by atoms with van der Waals surface area (Å²) in [6.07, 6.45) is 1.61. The van der Waals surface area contributed by atoms with Gasteiger partial charge in [-0.15, -0.1) is 0 Å². The molecule has 0 bridgehead atoms. The minimum atomic E-state index is -0.827. The van der Waals surface area contributed by atoms with Crippen molar-refractivity contribution >= 4 is 44.1 Å². The highest BCUT2D eigenvalue weighted by Gasteiger charge is 2.48. The van der Waals surface area contributed by atoms with Gasteiger partial charge in [-0.3, -0.25) is 14.5 Å². The fourth-order valence-electron chi connectivity index (χ4n) is 5.13. The van der Waals surface area contributed by atoms with Crippen molar-refractivity contribution in [1.82, 2.24) is 4.98 Å². The van der Waals surface area contributed by atoms with Crippen LogP contribution in [0.15, 0.2) is 66.2 Å². The van der Waals surface area contributed by atoms with Crippen molar-refractivity contribution in [2.75, 3.05) is 12.0 Å². The molecule has 4 aromatic rings. The van der Waals surface area contributed by atoms with Gasteiger partial charge < -0.3 is 14.6 Å². The zero-order chi connectivity index (χ0) is 26.6. The van der Waals surface area contributed by atoms with Crippen molar-refractivity contribution in [3.05, 3.63) is 88.5 Å². The fourth-order valence-corrected chi connectivity index (χ4v) is 6.15. The van der Waals surface area contributed by atoms with Gasteiger partial charge in [-0.25, -0.2) is 4.98 Å².